The standard InChI is InChI=1S/C13H14BrF3N2O/c1-7-9(4-5-18-7)12(20)19-11-3-2-8(14)6-10(11)13(15,16)17/h2-3,6-7,9,18H,4-5H2,1H3,(H,19,20). The highest BCUT2D eigenvalue weighted by Gasteiger charge is 2.35. The highest BCUT2D eigenvalue weighted by atomic mass is 79.9. The van der Waals surface area contributed by atoms with Crippen molar-refractivity contribution in [1.29, 1.82) is 0 Å². The van der Waals surface area contributed by atoms with Crippen LogP contribution in [0.15, 0.2) is 22.7 Å². The fourth-order valence-corrected chi connectivity index (χ4v) is 2.66. The first-order valence-corrected chi connectivity index (χ1v) is 6.99. The lowest BCUT2D eigenvalue weighted by Crippen LogP contribution is -2.32. The van der Waals surface area contributed by atoms with Crippen LogP contribution in [-0.2, 0) is 11.0 Å². The molecule has 2 atom stereocenters. The Balaban J connectivity index is 2.23. The maximum atomic E-state index is 12.9. The molecule has 3 nitrogen and oxygen atoms in total. The average Bonchev–Trinajstić information content (AvgIpc) is 2.76. The second kappa shape index (κ2) is 5.73. The van der Waals surface area contributed by atoms with Crippen molar-refractivity contribution in [3.8, 4) is 0 Å². The van der Waals surface area contributed by atoms with Gasteiger partial charge in [0.05, 0.1) is 17.2 Å². The molecule has 2 rings (SSSR count). The predicted molar refractivity (Wildman–Crippen MR) is 73.3 cm³/mol. The molecule has 0 spiro atoms. The summed E-state index contributed by atoms with van der Waals surface area (Å²) >= 11 is 3.01. The van der Waals surface area contributed by atoms with Crippen LogP contribution >= 0.6 is 15.9 Å². The number of alkyl halides is 3. The molecular weight excluding hydrogens is 337 g/mol. The van der Waals surface area contributed by atoms with Gasteiger partial charge in [0.15, 0.2) is 0 Å². The van der Waals surface area contributed by atoms with Crippen molar-refractivity contribution in [2.24, 2.45) is 5.92 Å². The van der Waals surface area contributed by atoms with E-state index in [0.29, 0.717) is 17.4 Å². The molecule has 1 fully saturated rings. The Morgan fingerprint density at radius 2 is 2.15 bits per heavy atom. The van der Waals surface area contributed by atoms with Gasteiger partial charge in [-0.25, -0.2) is 0 Å². The van der Waals surface area contributed by atoms with Gasteiger partial charge in [0, 0.05) is 10.5 Å². The first-order chi connectivity index (χ1) is 9.29. The number of anilines is 1. The topological polar surface area (TPSA) is 41.1 Å². The van der Waals surface area contributed by atoms with Crippen LogP contribution in [0.5, 0.6) is 0 Å². The van der Waals surface area contributed by atoms with Crippen LogP contribution in [0.4, 0.5) is 18.9 Å². The monoisotopic (exact) mass is 350 g/mol. The molecule has 1 heterocycles. The Labute approximate surface area is 123 Å². The first-order valence-electron chi connectivity index (χ1n) is 6.20. The Morgan fingerprint density at radius 3 is 2.70 bits per heavy atom. The Morgan fingerprint density at radius 1 is 1.45 bits per heavy atom. The summed E-state index contributed by atoms with van der Waals surface area (Å²) in [5.74, 6) is -0.685. The quantitative estimate of drug-likeness (QED) is 0.858. The Bertz CT molecular complexity index is 519. The van der Waals surface area contributed by atoms with E-state index in [2.05, 4.69) is 26.6 Å². The first kappa shape index (κ1) is 15.3. The molecule has 1 aromatic carbocycles. The van der Waals surface area contributed by atoms with Gasteiger partial charge in [0.1, 0.15) is 0 Å². The molecule has 1 aromatic rings. The fourth-order valence-electron chi connectivity index (χ4n) is 2.30. The smallest absolute Gasteiger partial charge is 0.325 e. The molecule has 1 saturated heterocycles. The Kier molecular flexibility index (Phi) is 4.39. The fraction of sp³-hybridized carbons (Fsp3) is 0.462. The number of halogens is 4. The van der Waals surface area contributed by atoms with E-state index in [-0.39, 0.29) is 23.6 Å². The summed E-state index contributed by atoms with van der Waals surface area (Å²) < 4.78 is 39.2. The lowest BCUT2D eigenvalue weighted by atomic mass is 10.0. The van der Waals surface area contributed by atoms with E-state index in [9.17, 15) is 18.0 Å². The minimum atomic E-state index is -4.51. The summed E-state index contributed by atoms with van der Waals surface area (Å²) in [4.78, 5) is 12.1. The third-order valence-electron chi connectivity index (χ3n) is 3.41. The van der Waals surface area contributed by atoms with E-state index < -0.39 is 11.7 Å². The van der Waals surface area contributed by atoms with Crippen molar-refractivity contribution < 1.29 is 18.0 Å². The highest BCUT2D eigenvalue weighted by Crippen LogP contribution is 2.37. The van der Waals surface area contributed by atoms with Crippen LogP contribution in [0.1, 0.15) is 18.9 Å². The van der Waals surface area contributed by atoms with Gasteiger partial charge in [-0.1, -0.05) is 15.9 Å². The third-order valence-corrected chi connectivity index (χ3v) is 3.90. The Hall–Kier alpha value is -1.08. The number of carbonyl (C=O) groups excluding carboxylic acids is 1. The largest absolute Gasteiger partial charge is 0.418 e. The van der Waals surface area contributed by atoms with Crippen molar-refractivity contribution in [1.82, 2.24) is 5.32 Å². The van der Waals surface area contributed by atoms with E-state index >= 15 is 0 Å². The van der Waals surface area contributed by atoms with Gasteiger partial charge in [-0.05, 0) is 38.1 Å². The summed E-state index contributed by atoms with van der Waals surface area (Å²) in [6, 6.07) is 3.67. The van der Waals surface area contributed by atoms with Crippen LogP contribution in [-0.4, -0.2) is 18.5 Å². The van der Waals surface area contributed by atoms with Gasteiger partial charge in [-0.2, -0.15) is 13.2 Å². The number of hydrogen-bond acceptors (Lipinski definition) is 2. The second-order valence-corrected chi connectivity index (χ2v) is 5.73. The normalized spacial score (nSPS) is 22.9. The van der Waals surface area contributed by atoms with E-state index in [1.807, 2.05) is 6.92 Å². The van der Waals surface area contributed by atoms with Gasteiger partial charge in [-0.3, -0.25) is 4.79 Å². The van der Waals surface area contributed by atoms with E-state index in [1.165, 1.54) is 12.1 Å². The average molecular weight is 351 g/mol. The highest BCUT2D eigenvalue weighted by molar-refractivity contribution is 9.10. The molecule has 7 heteroatoms. The molecule has 2 N–H and O–H groups in total. The van der Waals surface area contributed by atoms with Crippen LogP contribution < -0.4 is 10.6 Å². The second-order valence-electron chi connectivity index (χ2n) is 4.81. The van der Waals surface area contributed by atoms with Crippen molar-refractivity contribution in [2.75, 3.05) is 11.9 Å². The summed E-state index contributed by atoms with van der Waals surface area (Å²) in [5, 5.41) is 5.50. The lowest BCUT2D eigenvalue weighted by Gasteiger charge is -2.18. The molecule has 110 valence electrons. The van der Waals surface area contributed by atoms with Gasteiger partial charge in [0.25, 0.3) is 0 Å². The minimum absolute atomic E-state index is 0.0280. The van der Waals surface area contributed by atoms with Crippen molar-refractivity contribution in [3.63, 3.8) is 0 Å². The molecule has 2 unspecified atom stereocenters. The number of nitrogens with one attached hydrogen (secondary N) is 2. The van der Waals surface area contributed by atoms with Crippen LogP contribution in [0.3, 0.4) is 0 Å². The molecule has 20 heavy (non-hydrogen) atoms. The van der Waals surface area contributed by atoms with Gasteiger partial charge >= 0.3 is 6.18 Å². The molecule has 1 aliphatic heterocycles. The van der Waals surface area contributed by atoms with Crippen molar-refractivity contribution >= 4 is 27.5 Å². The molecule has 0 radical (unpaired) electrons. The van der Waals surface area contributed by atoms with Gasteiger partial charge in [0.2, 0.25) is 5.91 Å². The predicted octanol–water partition coefficient (Wildman–Crippen LogP) is 3.40. The summed E-state index contributed by atoms with van der Waals surface area (Å²) in [7, 11) is 0. The van der Waals surface area contributed by atoms with Crippen LogP contribution in [0, 0.1) is 5.92 Å². The van der Waals surface area contributed by atoms with Crippen LogP contribution in [0.25, 0.3) is 0 Å². The minimum Gasteiger partial charge on any atom is -0.325 e. The zero-order chi connectivity index (χ0) is 14.9. The van der Waals surface area contributed by atoms with E-state index in [1.54, 1.807) is 0 Å². The summed E-state index contributed by atoms with van der Waals surface area (Å²) in [6.45, 7) is 2.55. The SMILES string of the molecule is CC1NCCC1C(=O)Nc1ccc(Br)cc1C(F)(F)F. The molecule has 0 bridgehead atoms. The number of carbonyl (C=O) groups is 1. The van der Waals surface area contributed by atoms with E-state index in [0.717, 1.165) is 6.07 Å². The number of hydrogen-bond donors (Lipinski definition) is 2. The molecular formula is C13H14BrF3N2O. The molecule has 0 saturated carbocycles. The maximum absolute atomic E-state index is 12.9. The zero-order valence-electron chi connectivity index (χ0n) is 10.7. The third kappa shape index (κ3) is 3.32. The van der Waals surface area contributed by atoms with Crippen molar-refractivity contribution in [3.05, 3.63) is 28.2 Å². The zero-order valence-corrected chi connectivity index (χ0v) is 12.3. The van der Waals surface area contributed by atoms with Gasteiger partial charge < -0.3 is 10.6 Å². The molecule has 1 aliphatic rings. The maximum Gasteiger partial charge on any atom is 0.418 e. The molecule has 0 aliphatic carbocycles. The summed E-state index contributed by atoms with van der Waals surface area (Å²) in [6.07, 6.45) is -3.88. The van der Waals surface area contributed by atoms with Crippen molar-refractivity contribution in [2.45, 2.75) is 25.6 Å². The number of benzene rings is 1. The molecule has 0 aromatic heterocycles. The lowest BCUT2D eigenvalue weighted by molar-refractivity contribution is -0.137. The number of amides is 1. The number of rotatable bonds is 2. The van der Waals surface area contributed by atoms with Crippen LogP contribution in [0.2, 0.25) is 0 Å². The molecule has 1 amide bonds. The van der Waals surface area contributed by atoms with E-state index in [4.69, 9.17) is 0 Å². The van der Waals surface area contributed by atoms with Gasteiger partial charge in [-0.15, -0.1) is 0 Å². The summed E-state index contributed by atoms with van der Waals surface area (Å²) in [5.41, 5.74) is -1.05.